The zero-order chi connectivity index (χ0) is 47.9. The molecule has 0 atom stereocenters. The van der Waals surface area contributed by atoms with E-state index in [1.165, 1.54) is 83.5 Å². The molecular formula is C65H75N. The smallest absolute Gasteiger partial charge is 0.0470 e. The van der Waals surface area contributed by atoms with Gasteiger partial charge in [0, 0.05) is 22.5 Å². The van der Waals surface area contributed by atoms with Crippen molar-refractivity contribution in [1.29, 1.82) is 0 Å². The maximum atomic E-state index is 2.51. The van der Waals surface area contributed by atoms with E-state index in [4.69, 9.17) is 0 Å². The highest BCUT2D eigenvalue weighted by molar-refractivity contribution is 5.88. The Morgan fingerprint density at radius 1 is 0.288 bits per heavy atom. The van der Waals surface area contributed by atoms with E-state index in [-0.39, 0.29) is 32.5 Å². The van der Waals surface area contributed by atoms with Crippen molar-refractivity contribution in [3.05, 3.63) is 185 Å². The Bertz CT molecular complexity index is 2870. The van der Waals surface area contributed by atoms with E-state index >= 15 is 0 Å². The van der Waals surface area contributed by atoms with Crippen LogP contribution in [0.2, 0.25) is 0 Å². The summed E-state index contributed by atoms with van der Waals surface area (Å²) in [5.41, 5.74) is 23.0. The predicted molar refractivity (Wildman–Crippen MR) is 288 cm³/mol. The van der Waals surface area contributed by atoms with Crippen LogP contribution in [0.1, 0.15) is 157 Å². The van der Waals surface area contributed by atoms with Crippen LogP contribution in [-0.4, -0.2) is 0 Å². The third kappa shape index (κ3) is 9.21. The summed E-state index contributed by atoms with van der Waals surface area (Å²) in [6.07, 6.45) is 0. The van der Waals surface area contributed by atoms with Gasteiger partial charge >= 0.3 is 0 Å². The second-order valence-corrected chi connectivity index (χ2v) is 25.0. The summed E-state index contributed by atoms with van der Waals surface area (Å²) in [7, 11) is 0. The molecule has 0 N–H and O–H groups in total. The van der Waals surface area contributed by atoms with Gasteiger partial charge in [-0.25, -0.2) is 0 Å². The first-order valence-electron chi connectivity index (χ1n) is 24.3. The van der Waals surface area contributed by atoms with Gasteiger partial charge in [-0.05, 0) is 147 Å². The molecule has 0 unspecified atom stereocenters. The average Bonchev–Trinajstić information content (AvgIpc) is 3.47. The zero-order valence-corrected chi connectivity index (χ0v) is 43.3. The van der Waals surface area contributed by atoms with E-state index in [9.17, 15) is 0 Å². The Labute approximate surface area is 399 Å². The third-order valence-corrected chi connectivity index (χ3v) is 14.2. The Morgan fingerprint density at radius 3 is 1.17 bits per heavy atom. The van der Waals surface area contributed by atoms with Crippen molar-refractivity contribution in [1.82, 2.24) is 0 Å². The minimum atomic E-state index is -0.133. The molecule has 0 spiro atoms. The van der Waals surface area contributed by atoms with Crippen LogP contribution in [0.5, 0.6) is 0 Å². The number of fused-ring (bicyclic) bond motifs is 3. The molecule has 0 heterocycles. The van der Waals surface area contributed by atoms with E-state index < -0.39 is 0 Å². The minimum absolute atomic E-state index is 0.0162. The van der Waals surface area contributed by atoms with Gasteiger partial charge in [0.15, 0.2) is 0 Å². The highest BCUT2D eigenvalue weighted by Gasteiger charge is 2.36. The highest BCUT2D eigenvalue weighted by Crippen LogP contribution is 2.51. The number of nitrogens with zero attached hydrogens (tertiary/aromatic N) is 1. The maximum absolute atomic E-state index is 2.51. The van der Waals surface area contributed by atoms with E-state index in [0.717, 1.165) is 17.1 Å². The van der Waals surface area contributed by atoms with Crippen LogP contribution in [0.25, 0.3) is 44.5 Å². The second-order valence-electron chi connectivity index (χ2n) is 25.0. The van der Waals surface area contributed by atoms with Crippen molar-refractivity contribution in [3.8, 4) is 44.5 Å². The molecule has 1 aliphatic carbocycles. The maximum Gasteiger partial charge on any atom is 0.0470 e. The van der Waals surface area contributed by atoms with Crippen LogP contribution < -0.4 is 4.90 Å². The molecule has 0 radical (unpaired) electrons. The lowest BCUT2D eigenvalue weighted by atomic mass is 9.79. The van der Waals surface area contributed by atoms with Crippen LogP contribution in [0.3, 0.4) is 0 Å². The minimum Gasteiger partial charge on any atom is -0.310 e. The summed E-state index contributed by atoms with van der Waals surface area (Å²) in [4.78, 5) is 2.51. The van der Waals surface area contributed by atoms with E-state index in [1.54, 1.807) is 0 Å². The monoisotopic (exact) mass is 870 g/mol. The predicted octanol–water partition coefficient (Wildman–Crippen LogP) is 19.0. The van der Waals surface area contributed by atoms with Crippen LogP contribution in [0.4, 0.5) is 17.1 Å². The fraction of sp³-hybridized carbons (Fsp3) is 0.354. The van der Waals surface area contributed by atoms with Gasteiger partial charge in [-0.2, -0.15) is 0 Å². The van der Waals surface area contributed by atoms with Gasteiger partial charge < -0.3 is 4.90 Å². The molecule has 1 nitrogen and oxygen atoms in total. The Hall–Kier alpha value is -5.66. The van der Waals surface area contributed by atoms with Crippen molar-refractivity contribution in [3.63, 3.8) is 0 Å². The molecule has 0 saturated heterocycles. The summed E-state index contributed by atoms with van der Waals surface area (Å²) in [5, 5.41) is 0. The summed E-state index contributed by atoms with van der Waals surface area (Å²) >= 11 is 0. The molecule has 66 heavy (non-hydrogen) atoms. The zero-order valence-electron chi connectivity index (χ0n) is 43.3. The molecule has 8 rings (SSSR count). The molecule has 0 bridgehead atoms. The van der Waals surface area contributed by atoms with Gasteiger partial charge in [0.1, 0.15) is 0 Å². The molecule has 340 valence electrons. The van der Waals surface area contributed by atoms with Gasteiger partial charge in [0.05, 0.1) is 0 Å². The fourth-order valence-electron chi connectivity index (χ4n) is 9.62. The fourth-order valence-corrected chi connectivity index (χ4v) is 9.62. The molecule has 0 saturated carbocycles. The highest BCUT2D eigenvalue weighted by atomic mass is 15.1. The standard InChI is InChI=1S/C65H75N/c1-60(2,3)48-31-45(32-49(38-48)61(4,5)6)42-25-27-43(28-26-42)47-35-52(64(13,14)15)40-55(37-47)66(54-29-30-57-56-23-18-19-24-58(56)65(16,17)59(57)41-54)53-22-20-21-44(36-53)46-33-50(62(7,8)9)39-51(34-46)63(10,11)12/h18-41H,1-17H3. The summed E-state index contributed by atoms with van der Waals surface area (Å²) in [6.45, 7) is 39.6. The van der Waals surface area contributed by atoms with E-state index in [1.807, 2.05) is 0 Å². The van der Waals surface area contributed by atoms with Gasteiger partial charge in [0.25, 0.3) is 0 Å². The molecule has 1 heteroatoms. The molecule has 0 amide bonds. The van der Waals surface area contributed by atoms with Crippen molar-refractivity contribution in [2.24, 2.45) is 0 Å². The lowest BCUT2D eigenvalue weighted by Crippen LogP contribution is -2.17. The average molecular weight is 870 g/mol. The van der Waals surface area contributed by atoms with Crippen LogP contribution in [-0.2, 0) is 32.5 Å². The van der Waals surface area contributed by atoms with Gasteiger partial charge in [-0.15, -0.1) is 0 Å². The Balaban J connectivity index is 1.32. The largest absolute Gasteiger partial charge is 0.310 e. The molecule has 1 aliphatic rings. The number of rotatable bonds is 6. The first-order chi connectivity index (χ1) is 30.6. The van der Waals surface area contributed by atoms with Gasteiger partial charge in [-0.1, -0.05) is 227 Å². The van der Waals surface area contributed by atoms with Crippen LogP contribution in [0, 0.1) is 0 Å². The molecule has 0 aromatic heterocycles. The number of benzene rings is 7. The molecule has 7 aromatic rings. The van der Waals surface area contributed by atoms with E-state index in [0.29, 0.717) is 0 Å². The van der Waals surface area contributed by atoms with Gasteiger partial charge in [-0.3, -0.25) is 0 Å². The van der Waals surface area contributed by atoms with E-state index in [2.05, 4.69) is 268 Å². The summed E-state index contributed by atoms with van der Waals surface area (Å²) in [5.74, 6) is 0. The quantitative estimate of drug-likeness (QED) is 0.161. The first kappa shape index (κ1) is 46.9. The Kier molecular flexibility index (Phi) is 11.6. The summed E-state index contributed by atoms with van der Waals surface area (Å²) < 4.78 is 0. The SMILES string of the molecule is CC(C)(C)c1cc(-c2ccc(-c3cc(C(C)(C)C)cc(C(C)(C)C)c3)cc2)cc(N(c2cccc(-c3cc(C(C)(C)C)cc(C(C)(C)C)c3)c2)c2ccc3c(c2)C(C)(C)c2ccccc2-3)c1. The van der Waals surface area contributed by atoms with Gasteiger partial charge in [0.2, 0.25) is 0 Å². The van der Waals surface area contributed by atoms with Crippen LogP contribution >= 0.6 is 0 Å². The van der Waals surface area contributed by atoms with Crippen molar-refractivity contribution >= 4 is 17.1 Å². The lowest BCUT2D eigenvalue weighted by Gasteiger charge is -2.31. The molecule has 0 aliphatic heterocycles. The van der Waals surface area contributed by atoms with Crippen LogP contribution in [0.15, 0.2) is 146 Å². The molecule has 0 fully saturated rings. The first-order valence-corrected chi connectivity index (χ1v) is 24.3. The normalized spacial score (nSPS) is 14.0. The molecule has 7 aromatic carbocycles. The number of hydrogen-bond acceptors (Lipinski definition) is 1. The van der Waals surface area contributed by atoms with Crippen molar-refractivity contribution in [2.45, 2.75) is 150 Å². The third-order valence-electron chi connectivity index (χ3n) is 14.2. The lowest BCUT2D eigenvalue weighted by molar-refractivity contribution is 0.568. The number of hydrogen-bond donors (Lipinski definition) is 0. The Morgan fingerprint density at radius 2 is 0.682 bits per heavy atom. The second kappa shape index (κ2) is 16.3. The van der Waals surface area contributed by atoms with Crippen molar-refractivity contribution in [2.75, 3.05) is 4.90 Å². The topological polar surface area (TPSA) is 3.24 Å². The molecular weight excluding hydrogens is 795 g/mol. The van der Waals surface area contributed by atoms with Crippen molar-refractivity contribution < 1.29 is 0 Å². The summed E-state index contributed by atoms with van der Waals surface area (Å²) in [6, 6.07) is 56.4. The number of anilines is 3.